The third kappa shape index (κ3) is 3.02. The summed E-state index contributed by atoms with van der Waals surface area (Å²) in [4.78, 5) is 16.4. The van der Waals surface area contributed by atoms with Crippen LogP contribution in [0.1, 0.15) is 10.4 Å². The number of ether oxygens (including phenoxy) is 3. The van der Waals surface area contributed by atoms with Gasteiger partial charge < -0.3 is 19.5 Å². The van der Waals surface area contributed by atoms with Gasteiger partial charge in [0.25, 0.3) is 11.1 Å². The summed E-state index contributed by atoms with van der Waals surface area (Å²) < 4.78 is 16.1. The molecule has 0 aliphatic carbocycles. The summed E-state index contributed by atoms with van der Waals surface area (Å²) in [7, 11) is 0. The smallest absolute Gasteiger partial charge is 0.278 e. The number of benzene rings is 2. The molecule has 1 aromatic heterocycles. The number of anilines is 1. The van der Waals surface area contributed by atoms with Crippen molar-refractivity contribution in [2.75, 3.05) is 12.1 Å². The van der Waals surface area contributed by atoms with Crippen molar-refractivity contribution in [2.24, 2.45) is 0 Å². The van der Waals surface area contributed by atoms with Gasteiger partial charge >= 0.3 is 0 Å². The lowest BCUT2D eigenvalue weighted by Crippen LogP contribution is -2.11. The predicted octanol–water partition coefficient (Wildman–Crippen LogP) is 3.92. The molecule has 0 saturated carbocycles. The van der Waals surface area contributed by atoms with Gasteiger partial charge in [-0.3, -0.25) is 4.79 Å². The highest BCUT2D eigenvalue weighted by molar-refractivity contribution is 7.11. The van der Waals surface area contributed by atoms with Crippen LogP contribution < -0.4 is 19.5 Å². The Morgan fingerprint density at radius 2 is 1.96 bits per heavy atom. The number of hydrogen-bond acceptors (Lipinski definition) is 6. The lowest BCUT2D eigenvalue weighted by atomic mass is 10.2. The van der Waals surface area contributed by atoms with Gasteiger partial charge in [-0.1, -0.05) is 11.3 Å². The predicted molar refractivity (Wildman–Crippen MR) is 89.1 cm³/mol. The van der Waals surface area contributed by atoms with Crippen molar-refractivity contribution >= 4 is 22.9 Å². The Balaban J connectivity index is 1.44. The first-order chi connectivity index (χ1) is 11.8. The SMILES string of the molecule is O=C(Nc1ccc2c(c1)OCO2)c1ccc(Oc2nccs2)cc1. The van der Waals surface area contributed by atoms with E-state index in [0.29, 0.717) is 33.7 Å². The molecule has 0 radical (unpaired) electrons. The van der Waals surface area contributed by atoms with Crippen molar-refractivity contribution < 1.29 is 19.0 Å². The van der Waals surface area contributed by atoms with E-state index in [2.05, 4.69) is 10.3 Å². The van der Waals surface area contributed by atoms with Crippen molar-refractivity contribution in [3.05, 3.63) is 59.6 Å². The monoisotopic (exact) mass is 340 g/mol. The molecule has 0 spiro atoms. The zero-order valence-electron chi connectivity index (χ0n) is 12.4. The molecule has 0 fully saturated rings. The molecular weight excluding hydrogens is 328 g/mol. The second-order valence-electron chi connectivity index (χ2n) is 4.95. The molecule has 0 bridgehead atoms. The minimum atomic E-state index is -0.213. The third-order valence-corrected chi connectivity index (χ3v) is 4.01. The molecule has 0 saturated heterocycles. The summed E-state index contributed by atoms with van der Waals surface area (Å²) in [6, 6.07) is 12.1. The van der Waals surface area contributed by atoms with Gasteiger partial charge in [-0.2, -0.15) is 0 Å². The van der Waals surface area contributed by atoms with E-state index in [1.807, 2.05) is 5.38 Å². The fourth-order valence-electron chi connectivity index (χ4n) is 2.21. The molecule has 4 rings (SSSR count). The van der Waals surface area contributed by atoms with Gasteiger partial charge in [0.15, 0.2) is 11.5 Å². The first-order valence-electron chi connectivity index (χ1n) is 7.16. The number of rotatable bonds is 4. The lowest BCUT2D eigenvalue weighted by Gasteiger charge is -2.07. The Morgan fingerprint density at radius 3 is 2.75 bits per heavy atom. The summed E-state index contributed by atoms with van der Waals surface area (Å²) >= 11 is 1.41. The topological polar surface area (TPSA) is 69.7 Å². The highest BCUT2D eigenvalue weighted by atomic mass is 32.1. The first kappa shape index (κ1) is 14.5. The van der Waals surface area contributed by atoms with Crippen LogP contribution in [0, 0.1) is 0 Å². The standard InChI is InChI=1S/C17H12N2O4S/c20-16(19-12-3-6-14-15(9-12)22-10-21-14)11-1-4-13(5-2-11)23-17-18-7-8-24-17/h1-9H,10H2,(H,19,20). The van der Waals surface area contributed by atoms with E-state index in [-0.39, 0.29) is 12.7 Å². The van der Waals surface area contributed by atoms with Crippen LogP contribution in [-0.4, -0.2) is 17.7 Å². The third-order valence-electron chi connectivity index (χ3n) is 3.36. The minimum Gasteiger partial charge on any atom is -0.454 e. The molecule has 7 heteroatoms. The van der Waals surface area contributed by atoms with E-state index >= 15 is 0 Å². The molecule has 2 aromatic carbocycles. The van der Waals surface area contributed by atoms with Crippen molar-refractivity contribution in [2.45, 2.75) is 0 Å². The molecule has 3 aromatic rings. The number of hydrogen-bond donors (Lipinski definition) is 1. The van der Waals surface area contributed by atoms with Crippen LogP contribution >= 0.6 is 11.3 Å². The van der Waals surface area contributed by atoms with Crippen LogP contribution in [0.5, 0.6) is 22.4 Å². The fraction of sp³-hybridized carbons (Fsp3) is 0.0588. The zero-order valence-corrected chi connectivity index (χ0v) is 13.2. The molecule has 24 heavy (non-hydrogen) atoms. The van der Waals surface area contributed by atoms with E-state index in [1.54, 1.807) is 48.7 Å². The average Bonchev–Trinajstić information content (AvgIpc) is 3.26. The maximum absolute atomic E-state index is 12.3. The van der Waals surface area contributed by atoms with E-state index in [0.717, 1.165) is 0 Å². The Bertz CT molecular complexity index is 863. The molecular formula is C17H12N2O4S. The number of thiazole rings is 1. The molecule has 120 valence electrons. The molecule has 1 amide bonds. The van der Waals surface area contributed by atoms with Gasteiger partial charge in [0, 0.05) is 28.9 Å². The summed E-state index contributed by atoms with van der Waals surface area (Å²) in [6.45, 7) is 0.202. The largest absolute Gasteiger partial charge is 0.454 e. The van der Waals surface area contributed by atoms with E-state index in [9.17, 15) is 4.79 Å². The van der Waals surface area contributed by atoms with Crippen molar-refractivity contribution in [3.8, 4) is 22.4 Å². The minimum absolute atomic E-state index is 0.202. The highest BCUT2D eigenvalue weighted by Gasteiger charge is 2.14. The van der Waals surface area contributed by atoms with Gasteiger partial charge in [0.05, 0.1) is 0 Å². The van der Waals surface area contributed by atoms with Gasteiger partial charge in [0.2, 0.25) is 6.79 Å². The van der Waals surface area contributed by atoms with E-state index < -0.39 is 0 Å². The number of carbonyl (C=O) groups excluding carboxylic acids is 1. The normalized spacial score (nSPS) is 12.0. The van der Waals surface area contributed by atoms with Crippen molar-refractivity contribution in [1.82, 2.24) is 4.98 Å². The Labute approximate surface area is 141 Å². The van der Waals surface area contributed by atoms with E-state index in [1.165, 1.54) is 11.3 Å². The van der Waals surface area contributed by atoms with Crippen LogP contribution in [0.3, 0.4) is 0 Å². The number of nitrogens with one attached hydrogen (secondary N) is 1. The van der Waals surface area contributed by atoms with Gasteiger partial charge in [-0.25, -0.2) is 4.98 Å². The average molecular weight is 340 g/mol. The first-order valence-corrected chi connectivity index (χ1v) is 8.04. The number of carbonyl (C=O) groups is 1. The highest BCUT2D eigenvalue weighted by Crippen LogP contribution is 2.34. The fourth-order valence-corrected chi connectivity index (χ4v) is 2.72. The van der Waals surface area contributed by atoms with Crippen LogP contribution in [0.25, 0.3) is 0 Å². The molecule has 0 unspecified atom stereocenters. The van der Waals surface area contributed by atoms with E-state index in [4.69, 9.17) is 14.2 Å². The van der Waals surface area contributed by atoms with Gasteiger partial charge in [0.1, 0.15) is 5.75 Å². The second-order valence-corrected chi connectivity index (χ2v) is 5.80. The summed E-state index contributed by atoms with van der Waals surface area (Å²) in [5.74, 6) is 1.72. The van der Waals surface area contributed by atoms with Crippen molar-refractivity contribution in [1.29, 1.82) is 0 Å². The zero-order chi connectivity index (χ0) is 16.4. The molecule has 1 N–H and O–H groups in total. The summed E-state index contributed by atoms with van der Waals surface area (Å²) in [5.41, 5.74) is 1.17. The quantitative estimate of drug-likeness (QED) is 0.779. The molecule has 6 nitrogen and oxygen atoms in total. The maximum Gasteiger partial charge on any atom is 0.278 e. The molecule has 1 aliphatic heterocycles. The second kappa shape index (κ2) is 6.21. The Hall–Kier alpha value is -3.06. The molecule has 1 aliphatic rings. The number of fused-ring (bicyclic) bond motifs is 1. The van der Waals surface area contributed by atoms with Gasteiger partial charge in [-0.05, 0) is 36.4 Å². The van der Waals surface area contributed by atoms with Crippen LogP contribution in [0.4, 0.5) is 5.69 Å². The molecule has 0 atom stereocenters. The lowest BCUT2D eigenvalue weighted by molar-refractivity contribution is 0.102. The number of nitrogens with zero attached hydrogens (tertiary/aromatic N) is 1. The summed E-state index contributed by atoms with van der Waals surface area (Å²) in [5, 5.41) is 5.23. The maximum atomic E-state index is 12.3. The number of amides is 1. The van der Waals surface area contributed by atoms with Crippen LogP contribution in [-0.2, 0) is 0 Å². The van der Waals surface area contributed by atoms with Crippen LogP contribution in [0.2, 0.25) is 0 Å². The molecule has 2 heterocycles. The summed E-state index contributed by atoms with van der Waals surface area (Å²) in [6.07, 6.45) is 1.67. The Kier molecular flexibility index (Phi) is 3.76. The Morgan fingerprint density at radius 1 is 1.12 bits per heavy atom. The van der Waals surface area contributed by atoms with Crippen molar-refractivity contribution in [3.63, 3.8) is 0 Å². The van der Waals surface area contributed by atoms with Crippen LogP contribution in [0.15, 0.2) is 54.0 Å². The number of aromatic nitrogens is 1. The van der Waals surface area contributed by atoms with Gasteiger partial charge in [-0.15, -0.1) is 0 Å².